The van der Waals surface area contributed by atoms with Gasteiger partial charge in [-0.1, -0.05) is 77.6 Å². The summed E-state index contributed by atoms with van der Waals surface area (Å²) >= 11 is 0. The maximum absolute atomic E-state index is 11.7. The molecule has 0 atom stereocenters. The van der Waals surface area contributed by atoms with E-state index in [-0.39, 0.29) is 5.91 Å². The highest BCUT2D eigenvalue weighted by Crippen LogP contribution is 2.10. The Kier molecular flexibility index (Phi) is 17.5. The fourth-order valence-corrected chi connectivity index (χ4v) is 2.84. The van der Waals surface area contributed by atoms with Gasteiger partial charge in [-0.05, 0) is 19.3 Å². The molecule has 24 heavy (non-hydrogen) atoms. The molecule has 0 aromatic rings. The quantitative estimate of drug-likeness (QED) is 0.326. The largest absolute Gasteiger partial charge is 0.481 e. The minimum absolute atomic E-state index is 0.206. The molecule has 0 bridgehead atoms. The fourth-order valence-electron chi connectivity index (χ4n) is 2.84. The van der Waals surface area contributed by atoms with Crippen LogP contribution in [-0.2, 0) is 9.59 Å². The molecule has 0 unspecified atom stereocenters. The molecule has 0 aliphatic carbocycles. The van der Waals surface area contributed by atoms with Crippen molar-refractivity contribution in [2.45, 2.75) is 110 Å². The number of aliphatic carboxylic acids is 1. The summed E-state index contributed by atoms with van der Waals surface area (Å²) in [6.45, 7) is 3.06. The Morgan fingerprint density at radius 2 is 1.12 bits per heavy atom. The second kappa shape index (κ2) is 18.3. The molecule has 0 aromatic carbocycles. The van der Waals surface area contributed by atoms with Gasteiger partial charge in [-0.2, -0.15) is 0 Å². The Bertz CT molecular complexity index is 305. The molecule has 0 fully saturated rings. The van der Waals surface area contributed by atoms with Gasteiger partial charge in [-0.15, -0.1) is 0 Å². The van der Waals surface area contributed by atoms with Crippen molar-refractivity contribution in [2.75, 3.05) is 6.54 Å². The van der Waals surface area contributed by atoms with E-state index >= 15 is 0 Å². The van der Waals surface area contributed by atoms with E-state index in [0.717, 1.165) is 45.1 Å². The van der Waals surface area contributed by atoms with Crippen LogP contribution in [0.15, 0.2) is 0 Å². The molecule has 0 aromatic heterocycles. The Labute approximate surface area is 148 Å². The lowest BCUT2D eigenvalue weighted by atomic mass is 10.1. The van der Waals surface area contributed by atoms with Gasteiger partial charge in [0.15, 0.2) is 0 Å². The van der Waals surface area contributed by atoms with Crippen LogP contribution in [-0.4, -0.2) is 23.5 Å². The summed E-state index contributed by atoms with van der Waals surface area (Å²) in [4.78, 5) is 22.0. The molecule has 142 valence electrons. The van der Waals surface area contributed by atoms with Crippen LogP contribution in [0.5, 0.6) is 0 Å². The zero-order valence-electron chi connectivity index (χ0n) is 15.8. The maximum Gasteiger partial charge on any atom is 0.303 e. The standard InChI is InChI=1S/C20H39NO3/c1-2-3-4-5-12-15-18-21-19(22)16-13-10-8-6-7-9-11-14-17-20(23)24/h2-18H2,1H3,(H,21,22)(H,23,24). The number of rotatable bonds is 18. The third-order valence-corrected chi connectivity index (χ3v) is 4.40. The highest BCUT2D eigenvalue weighted by molar-refractivity contribution is 5.75. The van der Waals surface area contributed by atoms with Gasteiger partial charge in [0.1, 0.15) is 0 Å². The molecule has 0 saturated heterocycles. The van der Waals surface area contributed by atoms with Crippen LogP contribution in [0.2, 0.25) is 0 Å². The molecule has 0 spiro atoms. The lowest BCUT2D eigenvalue weighted by Crippen LogP contribution is -2.23. The highest BCUT2D eigenvalue weighted by Gasteiger charge is 2.01. The summed E-state index contributed by atoms with van der Waals surface area (Å²) in [6, 6.07) is 0. The van der Waals surface area contributed by atoms with Crippen LogP contribution in [0.4, 0.5) is 0 Å². The number of carboxylic acid groups (broad SMARTS) is 1. The predicted molar refractivity (Wildman–Crippen MR) is 100 cm³/mol. The Balaban J connectivity index is 3.16. The van der Waals surface area contributed by atoms with E-state index in [9.17, 15) is 9.59 Å². The summed E-state index contributed by atoms with van der Waals surface area (Å²) in [5, 5.41) is 11.6. The average molecular weight is 342 g/mol. The van der Waals surface area contributed by atoms with Gasteiger partial charge in [0.05, 0.1) is 0 Å². The second-order valence-corrected chi connectivity index (χ2v) is 6.84. The zero-order chi connectivity index (χ0) is 17.9. The molecule has 4 heteroatoms. The van der Waals surface area contributed by atoms with Crippen molar-refractivity contribution >= 4 is 11.9 Å². The molecule has 0 rings (SSSR count). The van der Waals surface area contributed by atoms with Crippen LogP contribution in [0.25, 0.3) is 0 Å². The Hall–Kier alpha value is -1.06. The SMILES string of the molecule is CCCCCCCCNC(=O)CCCCCCCCCCC(=O)O. The number of hydrogen-bond donors (Lipinski definition) is 2. The molecule has 0 saturated carbocycles. The Morgan fingerprint density at radius 1 is 0.667 bits per heavy atom. The van der Waals surface area contributed by atoms with Crippen LogP contribution >= 0.6 is 0 Å². The molecular weight excluding hydrogens is 302 g/mol. The van der Waals surface area contributed by atoms with Crippen LogP contribution in [0.3, 0.4) is 0 Å². The third kappa shape index (κ3) is 19.0. The maximum atomic E-state index is 11.7. The van der Waals surface area contributed by atoms with Crippen molar-refractivity contribution in [3.63, 3.8) is 0 Å². The van der Waals surface area contributed by atoms with Crippen LogP contribution < -0.4 is 5.32 Å². The summed E-state index contributed by atoms with van der Waals surface area (Å²) in [5.41, 5.74) is 0. The van der Waals surface area contributed by atoms with Crippen LogP contribution in [0, 0.1) is 0 Å². The number of nitrogens with one attached hydrogen (secondary N) is 1. The Morgan fingerprint density at radius 3 is 1.67 bits per heavy atom. The molecule has 4 nitrogen and oxygen atoms in total. The fraction of sp³-hybridized carbons (Fsp3) is 0.900. The van der Waals surface area contributed by atoms with Crippen molar-refractivity contribution in [2.24, 2.45) is 0 Å². The molecule has 0 aliphatic heterocycles. The second-order valence-electron chi connectivity index (χ2n) is 6.84. The number of amides is 1. The van der Waals surface area contributed by atoms with Gasteiger partial charge in [0, 0.05) is 19.4 Å². The smallest absolute Gasteiger partial charge is 0.303 e. The predicted octanol–water partition coefficient (Wildman–Crippen LogP) is 5.45. The van der Waals surface area contributed by atoms with Crippen LogP contribution in [0.1, 0.15) is 110 Å². The van der Waals surface area contributed by atoms with Crippen molar-refractivity contribution in [1.82, 2.24) is 5.32 Å². The summed E-state index contributed by atoms with van der Waals surface area (Å²) in [6.07, 6.45) is 17.2. The lowest BCUT2D eigenvalue weighted by Gasteiger charge is -2.05. The van der Waals surface area contributed by atoms with Gasteiger partial charge < -0.3 is 10.4 Å². The van der Waals surface area contributed by atoms with Gasteiger partial charge in [0.25, 0.3) is 0 Å². The van der Waals surface area contributed by atoms with E-state index in [1.54, 1.807) is 0 Å². The minimum atomic E-state index is -0.690. The van der Waals surface area contributed by atoms with Crippen molar-refractivity contribution in [3.8, 4) is 0 Å². The number of carboxylic acids is 1. The monoisotopic (exact) mass is 341 g/mol. The van der Waals surface area contributed by atoms with E-state index in [2.05, 4.69) is 12.2 Å². The van der Waals surface area contributed by atoms with Crippen molar-refractivity contribution in [3.05, 3.63) is 0 Å². The van der Waals surface area contributed by atoms with Crippen molar-refractivity contribution < 1.29 is 14.7 Å². The van der Waals surface area contributed by atoms with E-state index in [0.29, 0.717) is 12.8 Å². The van der Waals surface area contributed by atoms with Gasteiger partial charge in [0.2, 0.25) is 5.91 Å². The average Bonchev–Trinajstić information content (AvgIpc) is 2.55. The van der Waals surface area contributed by atoms with E-state index in [1.807, 2.05) is 0 Å². The van der Waals surface area contributed by atoms with E-state index in [4.69, 9.17) is 5.11 Å². The molecule has 1 amide bonds. The highest BCUT2D eigenvalue weighted by atomic mass is 16.4. The molecule has 0 radical (unpaired) electrons. The first-order valence-electron chi connectivity index (χ1n) is 10.1. The minimum Gasteiger partial charge on any atom is -0.481 e. The number of unbranched alkanes of at least 4 members (excludes halogenated alkanes) is 12. The first-order valence-corrected chi connectivity index (χ1v) is 10.1. The first kappa shape index (κ1) is 22.9. The van der Waals surface area contributed by atoms with E-state index in [1.165, 1.54) is 51.4 Å². The molecule has 0 aliphatic rings. The number of carbonyl (C=O) groups is 2. The summed E-state index contributed by atoms with van der Waals surface area (Å²) in [5.74, 6) is -0.484. The van der Waals surface area contributed by atoms with Crippen molar-refractivity contribution in [1.29, 1.82) is 0 Å². The third-order valence-electron chi connectivity index (χ3n) is 4.40. The van der Waals surface area contributed by atoms with Gasteiger partial charge >= 0.3 is 5.97 Å². The molecular formula is C20H39NO3. The summed E-state index contributed by atoms with van der Waals surface area (Å²) < 4.78 is 0. The number of hydrogen-bond acceptors (Lipinski definition) is 2. The molecule has 0 heterocycles. The zero-order valence-corrected chi connectivity index (χ0v) is 15.8. The normalized spacial score (nSPS) is 10.7. The number of carbonyl (C=O) groups excluding carboxylic acids is 1. The van der Waals surface area contributed by atoms with E-state index < -0.39 is 5.97 Å². The van der Waals surface area contributed by atoms with Gasteiger partial charge in [-0.3, -0.25) is 9.59 Å². The topological polar surface area (TPSA) is 66.4 Å². The lowest BCUT2D eigenvalue weighted by molar-refractivity contribution is -0.137. The first-order chi connectivity index (χ1) is 11.7. The van der Waals surface area contributed by atoms with Gasteiger partial charge in [-0.25, -0.2) is 0 Å². The summed E-state index contributed by atoms with van der Waals surface area (Å²) in [7, 11) is 0. The molecule has 2 N–H and O–H groups in total.